The van der Waals surface area contributed by atoms with Gasteiger partial charge in [0.1, 0.15) is 5.75 Å². The Kier molecular flexibility index (Phi) is 5.70. The van der Waals surface area contributed by atoms with E-state index in [9.17, 15) is 4.79 Å². The predicted octanol–water partition coefficient (Wildman–Crippen LogP) is 3.63. The zero-order valence-corrected chi connectivity index (χ0v) is 18.7. The topological polar surface area (TPSA) is 56.6 Å². The number of fused-ring (bicyclic) bond motifs is 1. The van der Waals surface area contributed by atoms with Crippen molar-refractivity contribution in [2.24, 2.45) is 0 Å². The van der Waals surface area contributed by atoms with Gasteiger partial charge in [-0.2, -0.15) is 5.10 Å². The molecule has 1 atom stereocenters. The maximum absolute atomic E-state index is 13.4. The van der Waals surface area contributed by atoms with Crippen molar-refractivity contribution in [1.29, 1.82) is 0 Å². The Bertz CT molecular complexity index is 1120. The van der Waals surface area contributed by atoms with Gasteiger partial charge in [0, 0.05) is 24.2 Å². The lowest BCUT2D eigenvalue weighted by molar-refractivity contribution is -0.139. The fraction of sp³-hybridized carbons (Fsp3) is 0.385. The third-order valence-corrected chi connectivity index (χ3v) is 6.50. The van der Waals surface area contributed by atoms with Gasteiger partial charge in [-0.05, 0) is 36.6 Å². The van der Waals surface area contributed by atoms with Crippen LogP contribution in [0.2, 0.25) is 0 Å². The molecule has 5 rings (SSSR count). The van der Waals surface area contributed by atoms with E-state index in [-0.39, 0.29) is 11.9 Å². The number of hydrogen-bond acceptors (Lipinski definition) is 4. The Morgan fingerprint density at radius 1 is 1.09 bits per heavy atom. The van der Waals surface area contributed by atoms with Crippen LogP contribution in [-0.2, 0) is 28.9 Å². The number of amides is 1. The molecule has 0 aliphatic carbocycles. The summed E-state index contributed by atoms with van der Waals surface area (Å²) in [6, 6.07) is 16.3. The molecular weight excluding hydrogens is 402 g/mol. The summed E-state index contributed by atoms with van der Waals surface area (Å²) >= 11 is 0. The fourth-order valence-corrected chi connectivity index (χ4v) is 4.87. The summed E-state index contributed by atoms with van der Waals surface area (Å²) in [6.45, 7) is 7.23. The molecule has 2 aliphatic heterocycles. The van der Waals surface area contributed by atoms with Gasteiger partial charge in [0.2, 0.25) is 5.91 Å². The normalized spacial score (nSPS) is 17.8. The van der Waals surface area contributed by atoms with E-state index in [1.54, 1.807) is 0 Å². The second-order valence-corrected chi connectivity index (χ2v) is 8.62. The first-order valence-corrected chi connectivity index (χ1v) is 11.3. The zero-order chi connectivity index (χ0) is 22.1. The van der Waals surface area contributed by atoms with Crippen molar-refractivity contribution < 1.29 is 14.3 Å². The molecule has 32 heavy (non-hydrogen) atoms. The molecule has 6 heteroatoms. The molecule has 3 aromatic rings. The molecule has 1 amide bonds. The molecule has 0 bridgehead atoms. The minimum Gasteiger partial charge on any atom is -0.493 e. The van der Waals surface area contributed by atoms with Crippen LogP contribution in [0.4, 0.5) is 0 Å². The molecule has 0 N–H and O–H groups in total. The van der Waals surface area contributed by atoms with Crippen molar-refractivity contribution in [3.8, 4) is 5.75 Å². The molecule has 1 fully saturated rings. The molecule has 1 aromatic heterocycles. The number of carbonyl (C=O) groups is 1. The van der Waals surface area contributed by atoms with Gasteiger partial charge >= 0.3 is 0 Å². The van der Waals surface area contributed by atoms with Crippen LogP contribution in [0.1, 0.15) is 39.7 Å². The lowest BCUT2D eigenvalue weighted by Crippen LogP contribution is -2.44. The van der Waals surface area contributed by atoms with E-state index in [1.807, 2.05) is 46.8 Å². The first kappa shape index (κ1) is 20.8. The van der Waals surface area contributed by atoms with Gasteiger partial charge in [-0.1, -0.05) is 42.5 Å². The smallest absolute Gasteiger partial charge is 0.227 e. The van der Waals surface area contributed by atoms with Gasteiger partial charge in [0.15, 0.2) is 0 Å². The van der Waals surface area contributed by atoms with E-state index in [1.165, 1.54) is 11.1 Å². The molecule has 2 aromatic carbocycles. The summed E-state index contributed by atoms with van der Waals surface area (Å²) in [5, 5.41) is 4.81. The molecular formula is C26H29N3O3. The van der Waals surface area contributed by atoms with Gasteiger partial charge in [-0.3, -0.25) is 9.48 Å². The van der Waals surface area contributed by atoms with Gasteiger partial charge < -0.3 is 14.4 Å². The van der Waals surface area contributed by atoms with Crippen molar-refractivity contribution in [2.45, 2.75) is 39.3 Å². The Hall–Kier alpha value is -3.12. The lowest BCUT2D eigenvalue weighted by Gasteiger charge is -2.36. The highest BCUT2D eigenvalue weighted by molar-refractivity contribution is 5.79. The van der Waals surface area contributed by atoms with E-state index >= 15 is 0 Å². The van der Waals surface area contributed by atoms with Crippen LogP contribution in [0.3, 0.4) is 0 Å². The maximum atomic E-state index is 13.4. The highest BCUT2D eigenvalue weighted by Gasteiger charge is 2.32. The summed E-state index contributed by atoms with van der Waals surface area (Å²) in [4.78, 5) is 15.4. The Morgan fingerprint density at radius 2 is 1.94 bits per heavy atom. The number of ether oxygens (including phenoxy) is 2. The van der Waals surface area contributed by atoms with Crippen LogP contribution < -0.4 is 4.74 Å². The minimum atomic E-state index is -0.112. The number of rotatable bonds is 5. The van der Waals surface area contributed by atoms with Crippen molar-refractivity contribution in [2.75, 3.05) is 26.4 Å². The lowest BCUT2D eigenvalue weighted by atomic mass is 10.0. The Morgan fingerprint density at radius 3 is 2.78 bits per heavy atom. The summed E-state index contributed by atoms with van der Waals surface area (Å²) < 4.78 is 13.5. The fourth-order valence-electron chi connectivity index (χ4n) is 4.87. The average Bonchev–Trinajstić information content (AvgIpc) is 3.38. The van der Waals surface area contributed by atoms with Crippen LogP contribution in [-0.4, -0.2) is 47.0 Å². The van der Waals surface area contributed by atoms with Gasteiger partial charge in [-0.25, -0.2) is 0 Å². The molecule has 1 saturated heterocycles. The van der Waals surface area contributed by atoms with Crippen molar-refractivity contribution in [3.05, 3.63) is 82.2 Å². The molecule has 0 saturated carbocycles. The monoisotopic (exact) mass is 431 g/mol. The van der Waals surface area contributed by atoms with Gasteiger partial charge in [0.05, 0.1) is 44.5 Å². The van der Waals surface area contributed by atoms with E-state index in [2.05, 4.69) is 25.1 Å². The Labute approximate surface area is 188 Å². The molecule has 166 valence electrons. The van der Waals surface area contributed by atoms with Crippen LogP contribution in [0, 0.1) is 13.8 Å². The van der Waals surface area contributed by atoms with Crippen LogP contribution in [0.5, 0.6) is 5.75 Å². The third-order valence-electron chi connectivity index (χ3n) is 6.50. The molecule has 6 nitrogen and oxygen atoms in total. The molecule has 2 aliphatic rings. The van der Waals surface area contributed by atoms with Crippen molar-refractivity contribution in [1.82, 2.24) is 14.7 Å². The molecule has 0 radical (unpaired) electrons. The van der Waals surface area contributed by atoms with Crippen molar-refractivity contribution in [3.63, 3.8) is 0 Å². The highest BCUT2D eigenvalue weighted by atomic mass is 16.5. The third kappa shape index (κ3) is 4.02. The van der Waals surface area contributed by atoms with Gasteiger partial charge in [-0.15, -0.1) is 0 Å². The quantitative estimate of drug-likeness (QED) is 0.619. The summed E-state index contributed by atoms with van der Waals surface area (Å²) in [6.07, 6.45) is 1.30. The molecule has 1 unspecified atom stereocenters. The molecule has 3 heterocycles. The number of hydrogen-bond donors (Lipinski definition) is 0. The summed E-state index contributed by atoms with van der Waals surface area (Å²) in [5.74, 6) is 1.08. The summed E-state index contributed by atoms with van der Waals surface area (Å²) in [7, 11) is 0. The predicted molar refractivity (Wildman–Crippen MR) is 122 cm³/mol. The second-order valence-electron chi connectivity index (χ2n) is 8.62. The van der Waals surface area contributed by atoms with Crippen LogP contribution in [0.15, 0.2) is 48.5 Å². The zero-order valence-electron chi connectivity index (χ0n) is 18.7. The van der Waals surface area contributed by atoms with E-state index in [0.29, 0.717) is 32.7 Å². The van der Waals surface area contributed by atoms with Gasteiger partial charge in [0.25, 0.3) is 0 Å². The number of nitrogens with zero attached hydrogens (tertiary/aromatic N) is 3. The number of aromatic nitrogens is 2. The maximum Gasteiger partial charge on any atom is 0.227 e. The second kappa shape index (κ2) is 8.79. The standard InChI is InChI=1S/C26H29N3O3/c1-18-26(19(2)29(27-18)16-20-6-4-3-5-7-20)23-17-31-13-11-28(23)25(30)15-21-8-9-24-22(14-21)10-12-32-24/h3-9,14,23H,10-13,15-17H2,1-2H3. The number of morpholine rings is 1. The highest BCUT2D eigenvalue weighted by Crippen LogP contribution is 2.31. The van der Waals surface area contributed by atoms with Crippen LogP contribution in [0.25, 0.3) is 0 Å². The average molecular weight is 432 g/mol. The first-order chi connectivity index (χ1) is 15.6. The minimum absolute atomic E-state index is 0.112. The SMILES string of the molecule is Cc1nn(Cc2ccccc2)c(C)c1C1COCCN1C(=O)Cc1ccc2c(c1)CCO2. The first-order valence-electron chi connectivity index (χ1n) is 11.3. The van der Waals surface area contributed by atoms with E-state index in [4.69, 9.17) is 14.6 Å². The number of benzene rings is 2. The largest absolute Gasteiger partial charge is 0.493 e. The number of carbonyl (C=O) groups excluding carboxylic acids is 1. The van der Waals surface area contributed by atoms with Crippen LogP contribution >= 0.6 is 0 Å². The van der Waals surface area contributed by atoms with E-state index in [0.717, 1.165) is 41.3 Å². The van der Waals surface area contributed by atoms with E-state index < -0.39 is 0 Å². The summed E-state index contributed by atoms with van der Waals surface area (Å²) in [5.41, 5.74) is 6.60. The van der Waals surface area contributed by atoms with Crippen molar-refractivity contribution >= 4 is 5.91 Å². The Balaban J connectivity index is 1.38. The molecule has 0 spiro atoms. The number of aryl methyl sites for hydroxylation is 1.